The van der Waals surface area contributed by atoms with Gasteiger partial charge >= 0.3 is 0 Å². The van der Waals surface area contributed by atoms with Gasteiger partial charge in [-0.2, -0.15) is 0 Å². The van der Waals surface area contributed by atoms with E-state index >= 15 is 0 Å². The number of hydrogen-bond donors (Lipinski definition) is 1. The molecular formula is C16H25FN2. The molecule has 2 N–H and O–H groups in total. The van der Waals surface area contributed by atoms with Crippen LogP contribution < -0.4 is 10.6 Å². The molecular weight excluding hydrogens is 239 g/mol. The summed E-state index contributed by atoms with van der Waals surface area (Å²) in [6.45, 7) is 5.07. The first-order valence-electron chi connectivity index (χ1n) is 7.45. The van der Waals surface area contributed by atoms with Crippen LogP contribution in [0, 0.1) is 5.82 Å². The maximum absolute atomic E-state index is 14.3. The van der Waals surface area contributed by atoms with Crippen molar-refractivity contribution >= 4 is 5.69 Å². The summed E-state index contributed by atoms with van der Waals surface area (Å²) in [5, 5.41) is 0. The fourth-order valence-corrected chi connectivity index (χ4v) is 3.13. The highest BCUT2D eigenvalue weighted by atomic mass is 19.1. The van der Waals surface area contributed by atoms with Gasteiger partial charge in [0.1, 0.15) is 5.82 Å². The molecule has 19 heavy (non-hydrogen) atoms. The summed E-state index contributed by atoms with van der Waals surface area (Å²) in [6.07, 6.45) is 5.84. The van der Waals surface area contributed by atoms with Gasteiger partial charge in [0.05, 0.1) is 5.69 Å². The summed E-state index contributed by atoms with van der Waals surface area (Å²) in [5.74, 6) is -0.127. The molecule has 3 heteroatoms. The second-order valence-electron chi connectivity index (χ2n) is 5.60. The zero-order chi connectivity index (χ0) is 13.8. The Hall–Kier alpha value is -1.09. The number of para-hydroxylation sites is 1. The quantitative estimate of drug-likeness (QED) is 0.890. The van der Waals surface area contributed by atoms with Crippen LogP contribution in [0.25, 0.3) is 0 Å². The average molecular weight is 264 g/mol. The normalized spacial score (nSPS) is 21.5. The number of halogens is 1. The second-order valence-corrected chi connectivity index (χ2v) is 5.60. The van der Waals surface area contributed by atoms with Crippen LogP contribution in [0.5, 0.6) is 0 Å². The molecule has 2 nitrogen and oxygen atoms in total. The van der Waals surface area contributed by atoms with Crippen LogP contribution in [0.15, 0.2) is 18.2 Å². The minimum absolute atomic E-state index is 0.127. The Bertz CT molecular complexity index is 415. The Balaban J connectivity index is 2.37. The number of nitrogens with zero attached hydrogens (tertiary/aromatic N) is 1. The summed E-state index contributed by atoms with van der Waals surface area (Å²) in [6, 6.07) is 5.61. The van der Waals surface area contributed by atoms with Gasteiger partial charge in [-0.25, -0.2) is 4.39 Å². The van der Waals surface area contributed by atoms with Crippen molar-refractivity contribution < 1.29 is 4.39 Å². The molecule has 0 saturated carbocycles. The average Bonchev–Trinajstić information content (AvgIpc) is 2.40. The molecule has 106 valence electrons. The molecule has 1 aliphatic heterocycles. The highest BCUT2D eigenvalue weighted by Gasteiger charge is 2.26. The van der Waals surface area contributed by atoms with E-state index in [1.54, 1.807) is 12.1 Å². The summed E-state index contributed by atoms with van der Waals surface area (Å²) < 4.78 is 14.3. The van der Waals surface area contributed by atoms with Crippen LogP contribution in [-0.2, 0) is 0 Å². The SMILES string of the molecule is CCCC1CCCCN1c1c(F)cccc1[C@@H](C)N. The molecule has 0 amide bonds. The van der Waals surface area contributed by atoms with Crippen LogP contribution in [0.1, 0.15) is 57.6 Å². The molecule has 1 heterocycles. The van der Waals surface area contributed by atoms with Crippen LogP contribution in [0.2, 0.25) is 0 Å². The lowest BCUT2D eigenvalue weighted by atomic mass is 9.95. The van der Waals surface area contributed by atoms with Crippen molar-refractivity contribution in [2.24, 2.45) is 5.73 Å². The summed E-state index contributed by atoms with van der Waals surface area (Å²) in [4.78, 5) is 2.26. The number of piperidine rings is 1. The van der Waals surface area contributed by atoms with E-state index in [9.17, 15) is 4.39 Å². The molecule has 1 aromatic carbocycles. The minimum atomic E-state index is -0.130. The van der Waals surface area contributed by atoms with Crippen LogP contribution >= 0.6 is 0 Å². The van der Waals surface area contributed by atoms with Crippen molar-refractivity contribution in [1.29, 1.82) is 0 Å². The minimum Gasteiger partial charge on any atom is -0.366 e. The standard InChI is InChI=1S/C16H25FN2/c1-3-7-13-8-4-5-11-19(13)16-14(12(2)18)9-6-10-15(16)17/h6,9-10,12-13H,3-5,7-8,11,18H2,1-2H3/t12-,13?/m1/s1. The number of anilines is 1. The highest BCUT2D eigenvalue weighted by Crippen LogP contribution is 2.34. The van der Waals surface area contributed by atoms with Gasteiger partial charge in [0, 0.05) is 18.6 Å². The topological polar surface area (TPSA) is 29.3 Å². The molecule has 1 fully saturated rings. The van der Waals surface area contributed by atoms with Crippen molar-refractivity contribution in [3.05, 3.63) is 29.6 Å². The molecule has 0 bridgehead atoms. The molecule has 1 saturated heterocycles. The van der Waals surface area contributed by atoms with E-state index in [0.29, 0.717) is 6.04 Å². The van der Waals surface area contributed by atoms with Gasteiger partial charge in [0.15, 0.2) is 0 Å². The van der Waals surface area contributed by atoms with Crippen molar-refractivity contribution in [2.45, 2.75) is 58.0 Å². The zero-order valence-electron chi connectivity index (χ0n) is 12.0. The lowest BCUT2D eigenvalue weighted by molar-refractivity contribution is 0.427. The first-order valence-corrected chi connectivity index (χ1v) is 7.45. The van der Waals surface area contributed by atoms with Crippen molar-refractivity contribution in [1.82, 2.24) is 0 Å². The largest absolute Gasteiger partial charge is 0.366 e. The predicted molar refractivity (Wildman–Crippen MR) is 78.9 cm³/mol. The van der Waals surface area contributed by atoms with Gasteiger partial charge in [-0.1, -0.05) is 25.5 Å². The predicted octanol–water partition coefficient (Wildman–Crippen LogP) is 4.00. The van der Waals surface area contributed by atoms with E-state index in [4.69, 9.17) is 5.73 Å². The van der Waals surface area contributed by atoms with Crippen LogP contribution in [0.4, 0.5) is 10.1 Å². The molecule has 0 radical (unpaired) electrons. The Morgan fingerprint density at radius 2 is 2.21 bits per heavy atom. The van der Waals surface area contributed by atoms with Gasteiger partial charge in [0.25, 0.3) is 0 Å². The van der Waals surface area contributed by atoms with Crippen molar-refractivity contribution in [3.8, 4) is 0 Å². The molecule has 0 aliphatic carbocycles. The fourth-order valence-electron chi connectivity index (χ4n) is 3.13. The summed E-state index contributed by atoms with van der Waals surface area (Å²) in [5.41, 5.74) is 7.70. The van der Waals surface area contributed by atoms with Gasteiger partial charge in [-0.05, 0) is 44.2 Å². The third kappa shape index (κ3) is 3.08. The van der Waals surface area contributed by atoms with E-state index in [1.807, 2.05) is 13.0 Å². The van der Waals surface area contributed by atoms with Gasteiger partial charge < -0.3 is 10.6 Å². The van der Waals surface area contributed by atoms with E-state index in [2.05, 4.69) is 11.8 Å². The molecule has 1 aliphatic rings. The van der Waals surface area contributed by atoms with E-state index < -0.39 is 0 Å². The van der Waals surface area contributed by atoms with E-state index in [-0.39, 0.29) is 11.9 Å². The molecule has 1 aromatic rings. The highest BCUT2D eigenvalue weighted by molar-refractivity contribution is 5.57. The fraction of sp³-hybridized carbons (Fsp3) is 0.625. The zero-order valence-corrected chi connectivity index (χ0v) is 12.0. The monoisotopic (exact) mass is 264 g/mol. The first kappa shape index (κ1) is 14.3. The van der Waals surface area contributed by atoms with E-state index in [1.165, 1.54) is 12.8 Å². The molecule has 2 atom stereocenters. The molecule has 0 aromatic heterocycles. The maximum atomic E-state index is 14.3. The number of rotatable bonds is 4. The molecule has 0 spiro atoms. The lowest BCUT2D eigenvalue weighted by Gasteiger charge is -2.39. The summed E-state index contributed by atoms with van der Waals surface area (Å²) in [7, 11) is 0. The Kier molecular flexibility index (Phi) is 4.81. The number of benzene rings is 1. The Labute approximate surface area is 115 Å². The van der Waals surface area contributed by atoms with Gasteiger partial charge in [-0.3, -0.25) is 0 Å². The van der Waals surface area contributed by atoms with Crippen LogP contribution in [0.3, 0.4) is 0 Å². The van der Waals surface area contributed by atoms with E-state index in [0.717, 1.165) is 37.1 Å². The maximum Gasteiger partial charge on any atom is 0.146 e. The molecule has 1 unspecified atom stereocenters. The Morgan fingerprint density at radius 3 is 2.89 bits per heavy atom. The van der Waals surface area contributed by atoms with Crippen LogP contribution in [-0.4, -0.2) is 12.6 Å². The smallest absolute Gasteiger partial charge is 0.146 e. The van der Waals surface area contributed by atoms with Crippen molar-refractivity contribution in [3.63, 3.8) is 0 Å². The molecule has 2 rings (SSSR count). The third-order valence-electron chi connectivity index (χ3n) is 4.04. The lowest BCUT2D eigenvalue weighted by Crippen LogP contribution is -2.41. The Morgan fingerprint density at radius 1 is 1.42 bits per heavy atom. The number of nitrogens with two attached hydrogens (primary N) is 1. The number of hydrogen-bond acceptors (Lipinski definition) is 2. The first-order chi connectivity index (χ1) is 9.15. The second kappa shape index (κ2) is 6.38. The third-order valence-corrected chi connectivity index (χ3v) is 4.04. The van der Waals surface area contributed by atoms with Gasteiger partial charge in [-0.15, -0.1) is 0 Å². The summed E-state index contributed by atoms with van der Waals surface area (Å²) >= 11 is 0. The van der Waals surface area contributed by atoms with Gasteiger partial charge in [0.2, 0.25) is 0 Å². The van der Waals surface area contributed by atoms with Crippen molar-refractivity contribution in [2.75, 3.05) is 11.4 Å².